The van der Waals surface area contributed by atoms with Gasteiger partial charge in [0.1, 0.15) is 12.0 Å². The first-order chi connectivity index (χ1) is 11.5. The number of nitrogens with zero attached hydrogens (tertiary/aromatic N) is 3. The SMILES string of the molecule is COc1cnnc(OC2=CC(C(F)(F)F)N(C3CCCCO3)N2)c1. The molecule has 1 fully saturated rings. The van der Waals surface area contributed by atoms with Crippen LogP contribution in [0.5, 0.6) is 11.6 Å². The Labute approximate surface area is 136 Å². The van der Waals surface area contributed by atoms with Crippen LogP contribution in [0.25, 0.3) is 0 Å². The van der Waals surface area contributed by atoms with E-state index in [1.165, 1.54) is 19.4 Å². The molecule has 132 valence electrons. The van der Waals surface area contributed by atoms with Crippen molar-refractivity contribution in [1.29, 1.82) is 0 Å². The van der Waals surface area contributed by atoms with E-state index in [4.69, 9.17) is 14.2 Å². The molecule has 3 rings (SSSR count). The van der Waals surface area contributed by atoms with Crippen LogP contribution in [0.1, 0.15) is 19.3 Å². The highest BCUT2D eigenvalue weighted by Crippen LogP contribution is 2.33. The van der Waals surface area contributed by atoms with Gasteiger partial charge in [0.15, 0.2) is 6.04 Å². The van der Waals surface area contributed by atoms with Gasteiger partial charge >= 0.3 is 6.18 Å². The largest absolute Gasteiger partial charge is 0.495 e. The fraction of sp³-hybridized carbons (Fsp3) is 0.571. The van der Waals surface area contributed by atoms with Gasteiger partial charge in [0, 0.05) is 18.7 Å². The molecule has 10 heteroatoms. The number of ether oxygens (including phenoxy) is 3. The second-order valence-electron chi connectivity index (χ2n) is 5.39. The first-order valence-corrected chi connectivity index (χ1v) is 7.47. The van der Waals surface area contributed by atoms with Crippen LogP contribution < -0.4 is 14.9 Å². The first kappa shape index (κ1) is 16.8. The van der Waals surface area contributed by atoms with Crippen molar-refractivity contribution in [1.82, 2.24) is 20.6 Å². The number of nitrogens with one attached hydrogen (secondary N) is 1. The standard InChI is InChI=1S/C14H17F3N4O3/c1-22-9-6-11(19-18-8-9)24-12-7-10(14(15,16)17)21(20-12)13-4-2-3-5-23-13/h6-8,10,13,20H,2-5H2,1H3. The summed E-state index contributed by atoms with van der Waals surface area (Å²) in [4.78, 5) is 0. The maximum atomic E-state index is 13.3. The van der Waals surface area contributed by atoms with Gasteiger partial charge in [-0.1, -0.05) is 0 Å². The normalized spacial score (nSPS) is 25.1. The van der Waals surface area contributed by atoms with Crippen LogP contribution in [-0.4, -0.2) is 47.4 Å². The van der Waals surface area contributed by atoms with Gasteiger partial charge in [-0.15, -0.1) is 5.10 Å². The van der Waals surface area contributed by atoms with Crippen molar-refractivity contribution in [3.8, 4) is 11.6 Å². The van der Waals surface area contributed by atoms with Crippen LogP contribution in [0.3, 0.4) is 0 Å². The van der Waals surface area contributed by atoms with Gasteiger partial charge in [0.25, 0.3) is 0 Å². The van der Waals surface area contributed by atoms with E-state index in [9.17, 15) is 13.2 Å². The lowest BCUT2D eigenvalue weighted by Gasteiger charge is -2.35. The Morgan fingerprint density at radius 2 is 2.21 bits per heavy atom. The van der Waals surface area contributed by atoms with Gasteiger partial charge < -0.3 is 14.2 Å². The molecule has 1 aromatic rings. The molecule has 2 aliphatic rings. The van der Waals surface area contributed by atoms with Gasteiger partial charge in [-0.25, -0.2) is 0 Å². The number of hydrogen-bond donors (Lipinski definition) is 1. The number of aromatic nitrogens is 2. The molecule has 1 aromatic heterocycles. The lowest BCUT2D eigenvalue weighted by atomic mass is 10.1. The summed E-state index contributed by atoms with van der Waals surface area (Å²) in [5.41, 5.74) is 2.62. The summed E-state index contributed by atoms with van der Waals surface area (Å²) in [5, 5.41) is 8.40. The third-order valence-corrected chi connectivity index (χ3v) is 3.71. The van der Waals surface area contributed by atoms with Crippen molar-refractivity contribution >= 4 is 0 Å². The Kier molecular flexibility index (Phi) is 4.76. The molecule has 3 heterocycles. The lowest BCUT2D eigenvalue weighted by Crippen LogP contribution is -2.53. The fourth-order valence-electron chi connectivity index (χ4n) is 2.57. The van der Waals surface area contributed by atoms with Gasteiger partial charge in [-0.2, -0.15) is 23.3 Å². The zero-order chi connectivity index (χ0) is 17.2. The minimum Gasteiger partial charge on any atom is -0.495 e. The summed E-state index contributed by atoms with van der Waals surface area (Å²) < 4.78 is 55.7. The molecule has 0 aromatic carbocycles. The van der Waals surface area contributed by atoms with Crippen molar-refractivity contribution in [2.24, 2.45) is 0 Å². The Balaban J connectivity index is 1.76. The molecule has 7 nitrogen and oxygen atoms in total. The molecule has 2 atom stereocenters. The van der Waals surface area contributed by atoms with Crippen LogP contribution in [-0.2, 0) is 4.74 Å². The quantitative estimate of drug-likeness (QED) is 0.894. The molecule has 0 saturated carbocycles. The third kappa shape index (κ3) is 3.70. The molecule has 0 aliphatic carbocycles. The first-order valence-electron chi connectivity index (χ1n) is 7.47. The average molecular weight is 346 g/mol. The predicted molar refractivity (Wildman–Crippen MR) is 75.7 cm³/mol. The molecule has 0 amide bonds. The lowest BCUT2D eigenvalue weighted by molar-refractivity contribution is -0.210. The Hall–Kier alpha value is -2.07. The van der Waals surface area contributed by atoms with E-state index in [0.29, 0.717) is 18.8 Å². The summed E-state index contributed by atoms with van der Waals surface area (Å²) >= 11 is 0. The average Bonchev–Trinajstić information content (AvgIpc) is 3.00. The third-order valence-electron chi connectivity index (χ3n) is 3.71. The van der Waals surface area contributed by atoms with Gasteiger partial charge in [-0.3, -0.25) is 5.43 Å². The molecule has 1 N–H and O–H groups in total. The second-order valence-corrected chi connectivity index (χ2v) is 5.39. The van der Waals surface area contributed by atoms with Crippen molar-refractivity contribution in [3.05, 3.63) is 24.2 Å². The van der Waals surface area contributed by atoms with E-state index in [1.54, 1.807) is 0 Å². The minimum absolute atomic E-state index is 0.0282. The van der Waals surface area contributed by atoms with E-state index < -0.39 is 18.4 Å². The molecular formula is C14H17F3N4O3. The van der Waals surface area contributed by atoms with Gasteiger partial charge in [-0.05, 0) is 19.3 Å². The van der Waals surface area contributed by atoms with Crippen molar-refractivity contribution in [2.75, 3.05) is 13.7 Å². The Morgan fingerprint density at radius 3 is 2.88 bits per heavy atom. The van der Waals surface area contributed by atoms with E-state index in [0.717, 1.165) is 23.9 Å². The summed E-state index contributed by atoms with van der Waals surface area (Å²) in [6.07, 6.45) is -0.636. The number of hydrazine groups is 1. The number of hydrogen-bond acceptors (Lipinski definition) is 7. The summed E-state index contributed by atoms with van der Waals surface area (Å²) in [6, 6.07) is -0.410. The van der Waals surface area contributed by atoms with E-state index in [-0.39, 0.29) is 11.8 Å². The van der Waals surface area contributed by atoms with Crippen LogP contribution in [0.2, 0.25) is 0 Å². The zero-order valence-electron chi connectivity index (χ0n) is 12.9. The highest BCUT2D eigenvalue weighted by Gasteiger charge is 2.49. The molecule has 0 bridgehead atoms. The van der Waals surface area contributed by atoms with Crippen LogP contribution in [0.15, 0.2) is 24.2 Å². The fourth-order valence-corrected chi connectivity index (χ4v) is 2.57. The number of rotatable bonds is 4. The Morgan fingerprint density at radius 1 is 1.38 bits per heavy atom. The molecular weight excluding hydrogens is 329 g/mol. The highest BCUT2D eigenvalue weighted by atomic mass is 19.4. The number of alkyl halides is 3. The van der Waals surface area contributed by atoms with E-state index >= 15 is 0 Å². The summed E-state index contributed by atoms with van der Waals surface area (Å²) in [7, 11) is 1.44. The van der Waals surface area contributed by atoms with Gasteiger partial charge in [0.2, 0.25) is 11.8 Å². The monoisotopic (exact) mass is 346 g/mol. The summed E-state index contributed by atoms with van der Waals surface area (Å²) in [6.45, 7) is 0.435. The predicted octanol–water partition coefficient (Wildman–Crippen LogP) is 1.98. The molecule has 1 saturated heterocycles. The number of halogens is 3. The molecule has 24 heavy (non-hydrogen) atoms. The van der Waals surface area contributed by atoms with Gasteiger partial charge in [0.05, 0.1) is 13.3 Å². The van der Waals surface area contributed by atoms with Crippen molar-refractivity contribution in [2.45, 2.75) is 37.7 Å². The topological polar surface area (TPSA) is 68.7 Å². The van der Waals surface area contributed by atoms with E-state index in [2.05, 4.69) is 15.6 Å². The maximum absolute atomic E-state index is 13.3. The molecule has 2 unspecified atom stereocenters. The van der Waals surface area contributed by atoms with Crippen LogP contribution >= 0.6 is 0 Å². The van der Waals surface area contributed by atoms with Crippen LogP contribution in [0.4, 0.5) is 13.2 Å². The molecule has 2 aliphatic heterocycles. The molecule has 0 spiro atoms. The molecule has 0 radical (unpaired) electrons. The van der Waals surface area contributed by atoms with E-state index in [1.807, 2.05) is 0 Å². The maximum Gasteiger partial charge on any atom is 0.409 e. The highest BCUT2D eigenvalue weighted by molar-refractivity contribution is 5.24. The van der Waals surface area contributed by atoms with Crippen molar-refractivity contribution < 1.29 is 27.4 Å². The zero-order valence-corrected chi connectivity index (χ0v) is 12.9. The smallest absolute Gasteiger partial charge is 0.409 e. The van der Waals surface area contributed by atoms with Crippen molar-refractivity contribution in [3.63, 3.8) is 0 Å². The Bertz CT molecular complexity index is 605. The summed E-state index contributed by atoms with van der Waals surface area (Å²) in [5.74, 6) is 0.341. The minimum atomic E-state index is -4.46. The second kappa shape index (κ2) is 6.81. The number of methoxy groups -OCH3 is 1. The van der Waals surface area contributed by atoms with Crippen LogP contribution in [0, 0.1) is 0 Å².